The minimum atomic E-state index is -5.08. The number of nitrogens with two attached hydrogens (primary N) is 1. The van der Waals surface area contributed by atoms with Crippen LogP contribution in [0.4, 0.5) is 19.0 Å². The van der Waals surface area contributed by atoms with E-state index in [1.165, 1.54) is 0 Å². The molecule has 0 aromatic carbocycles. The van der Waals surface area contributed by atoms with Crippen molar-refractivity contribution in [2.45, 2.75) is 26.4 Å². The molecule has 1 aromatic heterocycles. The average molecular weight is 301 g/mol. The Morgan fingerprint density at radius 1 is 1.47 bits per heavy atom. The molecule has 0 radical (unpaired) electrons. The van der Waals surface area contributed by atoms with Crippen LogP contribution in [0.5, 0.6) is 0 Å². The Bertz CT molecular complexity index is 454. The van der Waals surface area contributed by atoms with Crippen LogP contribution in [0.25, 0.3) is 0 Å². The lowest BCUT2D eigenvalue weighted by Gasteiger charge is -2.07. The van der Waals surface area contributed by atoms with Gasteiger partial charge in [0.25, 0.3) is 0 Å². The first-order valence-corrected chi connectivity index (χ1v) is 5.31. The smallest absolute Gasteiger partial charge is 0.475 e. The van der Waals surface area contributed by atoms with Gasteiger partial charge in [0.15, 0.2) is 11.0 Å². The van der Waals surface area contributed by atoms with Crippen LogP contribution in [-0.4, -0.2) is 27.4 Å². The highest BCUT2D eigenvalue weighted by molar-refractivity contribution is 6.30. The third kappa shape index (κ3) is 5.26. The Labute approximate surface area is 111 Å². The number of nitrogen functional groups attached to an aromatic ring is 1. The molecule has 0 aliphatic carbocycles. The number of aliphatic carboxylic acids is 1. The van der Waals surface area contributed by atoms with Crippen LogP contribution < -0.4 is 11.3 Å². The monoisotopic (exact) mass is 300 g/mol. The zero-order chi connectivity index (χ0) is 15.2. The van der Waals surface area contributed by atoms with Gasteiger partial charge in [0.05, 0.1) is 0 Å². The summed E-state index contributed by atoms with van der Waals surface area (Å²) >= 11 is 5.82. The number of hydrogen-bond donors (Lipinski definition) is 3. The van der Waals surface area contributed by atoms with Crippen molar-refractivity contribution in [1.82, 2.24) is 10.2 Å². The van der Waals surface area contributed by atoms with E-state index >= 15 is 0 Å². The second-order valence-corrected chi connectivity index (χ2v) is 3.60. The summed E-state index contributed by atoms with van der Waals surface area (Å²) in [5, 5.41) is 15.1. The zero-order valence-corrected chi connectivity index (χ0v) is 10.8. The number of rotatable bonds is 2. The quantitative estimate of drug-likeness (QED) is 0.570. The first-order chi connectivity index (χ1) is 8.65. The van der Waals surface area contributed by atoms with Crippen molar-refractivity contribution in [3.8, 4) is 0 Å². The molecule has 0 aliphatic rings. The highest BCUT2D eigenvalue weighted by atomic mass is 35.5. The van der Waals surface area contributed by atoms with Gasteiger partial charge in [-0.2, -0.15) is 13.2 Å². The normalized spacial score (nSPS) is 10.5. The maximum Gasteiger partial charge on any atom is 0.490 e. The summed E-state index contributed by atoms with van der Waals surface area (Å²) in [5.41, 5.74) is 4.41. The Kier molecular flexibility index (Phi) is 6.49. The lowest BCUT2D eigenvalue weighted by atomic mass is 10.1. The third-order valence-corrected chi connectivity index (χ3v) is 2.33. The number of aromatic nitrogens is 2. The summed E-state index contributed by atoms with van der Waals surface area (Å²) in [5.74, 6) is 3.05. The number of carboxylic acids is 1. The van der Waals surface area contributed by atoms with E-state index in [9.17, 15) is 13.2 Å². The van der Waals surface area contributed by atoms with E-state index in [2.05, 4.69) is 15.6 Å². The van der Waals surface area contributed by atoms with Gasteiger partial charge in [-0.15, -0.1) is 10.2 Å². The van der Waals surface area contributed by atoms with Crippen molar-refractivity contribution in [2.24, 2.45) is 5.84 Å². The van der Waals surface area contributed by atoms with Gasteiger partial charge in [-0.1, -0.05) is 18.5 Å². The number of hydrogen-bond acceptors (Lipinski definition) is 5. The minimum Gasteiger partial charge on any atom is -0.475 e. The molecule has 1 aromatic rings. The van der Waals surface area contributed by atoms with Gasteiger partial charge in [-0.25, -0.2) is 10.6 Å². The highest BCUT2D eigenvalue weighted by Crippen LogP contribution is 2.21. The van der Waals surface area contributed by atoms with Gasteiger partial charge >= 0.3 is 12.1 Å². The molecule has 0 aliphatic heterocycles. The molecule has 1 rings (SSSR count). The summed E-state index contributed by atoms with van der Waals surface area (Å²) in [4.78, 5) is 8.90. The van der Waals surface area contributed by atoms with Crippen molar-refractivity contribution in [3.05, 3.63) is 16.3 Å². The lowest BCUT2D eigenvalue weighted by molar-refractivity contribution is -0.192. The molecule has 10 heteroatoms. The zero-order valence-electron chi connectivity index (χ0n) is 10.0. The maximum absolute atomic E-state index is 10.6. The van der Waals surface area contributed by atoms with E-state index in [1.54, 1.807) is 0 Å². The van der Waals surface area contributed by atoms with Crippen LogP contribution in [-0.2, 0) is 11.2 Å². The Balaban J connectivity index is 0.000000399. The molecule has 0 atom stereocenters. The molecule has 0 bridgehead atoms. The Morgan fingerprint density at radius 2 is 1.95 bits per heavy atom. The van der Waals surface area contributed by atoms with Crippen LogP contribution in [0.3, 0.4) is 0 Å². The predicted molar refractivity (Wildman–Crippen MR) is 62.7 cm³/mol. The minimum absolute atomic E-state index is 0.453. The fourth-order valence-electron chi connectivity index (χ4n) is 1.08. The van der Waals surface area contributed by atoms with Crippen LogP contribution in [0, 0.1) is 6.92 Å². The van der Waals surface area contributed by atoms with Gasteiger partial charge in [-0.3, -0.25) is 0 Å². The number of carbonyl (C=O) groups is 1. The topological polar surface area (TPSA) is 101 Å². The van der Waals surface area contributed by atoms with Crippen molar-refractivity contribution in [3.63, 3.8) is 0 Å². The number of nitrogens with one attached hydrogen (secondary N) is 1. The second-order valence-electron chi connectivity index (χ2n) is 3.24. The molecule has 0 amide bonds. The summed E-state index contributed by atoms with van der Waals surface area (Å²) in [6, 6.07) is 0. The highest BCUT2D eigenvalue weighted by Gasteiger charge is 2.38. The molecule has 1 heterocycles. The van der Waals surface area contributed by atoms with Crippen molar-refractivity contribution >= 4 is 23.4 Å². The predicted octanol–water partition coefficient (Wildman–Crippen LogP) is 1.92. The van der Waals surface area contributed by atoms with Crippen LogP contribution in [0.1, 0.15) is 18.1 Å². The number of carboxylic acid groups (broad SMARTS) is 1. The molecule has 0 saturated carbocycles. The van der Waals surface area contributed by atoms with Crippen LogP contribution in [0.2, 0.25) is 5.15 Å². The third-order valence-electron chi connectivity index (χ3n) is 2.03. The summed E-state index contributed by atoms with van der Waals surface area (Å²) in [6.07, 6.45) is -4.26. The van der Waals surface area contributed by atoms with E-state index in [0.29, 0.717) is 11.0 Å². The maximum atomic E-state index is 10.6. The van der Waals surface area contributed by atoms with E-state index in [-0.39, 0.29) is 0 Å². The van der Waals surface area contributed by atoms with Crippen molar-refractivity contribution in [2.75, 3.05) is 5.43 Å². The first kappa shape index (κ1) is 17.4. The van der Waals surface area contributed by atoms with E-state index < -0.39 is 12.1 Å². The summed E-state index contributed by atoms with van der Waals surface area (Å²) in [6.45, 7) is 3.92. The van der Waals surface area contributed by atoms with Crippen molar-refractivity contribution in [1.29, 1.82) is 0 Å². The van der Waals surface area contributed by atoms with Crippen LogP contribution >= 0.6 is 11.6 Å². The van der Waals surface area contributed by atoms with E-state index in [4.69, 9.17) is 27.3 Å². The van der Waals surface area contributed by atoms with Crippen LogP contribution in [0.15, 0.2) is 0 Å². The molecule has 0 unspecified atom stereocenters. The average Bonchev–Trinajstić information content (AvgIpc) is 2.29. The number of hydrazine groups is 1. The van der Waals surface area contributed by atoms with Gasteiger partial charge in [0.2, 0.25) is 0 Å². The molecule has 0 spiro atoms. The molecule has 6 nitrogen and oxygen atoms in total. The van der Waals surface area contributed by atoms with E-state index in [1.807, 2.05) is 13.8 Å². The van der Waals surface area contributed by atoms with E-state index in [0.717, 1.165) is 17.5 Å². The lowest BCUT2D eigenvalue weighted by Crippen LogP contribution is -2.21. The Morgan fingerprint density at radius 3 is 2.26 bits per heavy atom. The number of anilines is 1. The number of nitrogens with zero attached hydrogens (tertiary/aromatic N) is 2. The SMILES string of the molecule is CCc1c(Cl)nnc(NN)c1C.O=C(O)C(F)(F)F. The van der Waals surface area contributed by atoms with Gasteiger partial charge < -0.3 is 10.5 Å². The second kappa shape index (κ2) is 7.10. The van der Waals surface area contributed by atoms with Gasteiger partial charge in [-0.05, 0) is 18.9 Å². The fourth-order valence-corrected chi connectivity index (χ4v) is 1.39. The molecule has 0 saturated heterocycles. The summed E-state index contributed by atoms with van der Waals surface area (Å²) < 4.78 is 31.7. The summed E-state index contributed by atoms with van der Waals surface area (Å²) in [7, 11) is 0. The van der Waals surface area contributed by atoms with Crippen molar-refractivity contribution < 1.29 is 23.1 Å². The standard InChI is InChI=1S/C7H11ClN4.C2HF3O2/c1-3-5-4(2)7(10-9)12-11-6(5)8;3-2(4,5)1(6)7/h3,9H2,1-2H3,(H,10,12);(H,6,7). The molecular weight excluding hydrogens is 289 g/mol. The molecule has 4 N–H and O–H groups in total. The molecule has 19 heavy (non-hydrogen) atoms. The Hall–Kier alpha value is -1.61. The fraction of sp³-hybridized carbons (Fsp3) is 0.444. The van der Waals surface area contributed by atoms with Gasteiger partial charge in [0, 0.05) is 5.56 Å². The first-order valence-electron chi connectivity index (χ1n) is 4.93. The molecule has 108 valence electrons. The van der Waals surface area contributed by atoms with Gasteiger partial charge in [0.1, 0.15) is 0 Å². The molecular formula is C9H12ClF3N4O2. The number of alkyl halides is 3. The molecule has 0 fully saturated rings. The number of halogens is 4. The largest absolute Gasteiger partial charge is 0.490 e.